The van der Waals surface area contributed by atoms with Crippen LogP contribution in [0.15, 0.2) is 0 Å². The van der Waals surface area contributed by atoms with E-state index in [0.717, 1.165) is 0 Å². The zero-order valence-electron chi connectivity index (χ0n) is 3.71. The topological polar surface area (TPSA) is 49.7 Å². The van der Waals surface area contributed by atoms with Gasteiger partial charge in [-0.05, 0) is 0 Å². The average Bonchev–Trinajstić information content (AvgIpc) is 1.35. The molecule has 0 bridgehead atoms. The van der Waals surface area contributed by atoms with Gasteiger partial charge in [0.25, 0.3) is 0 Å². The standard InChI is InChI=1S/C2H8O3Se/c1-6(2,4)5-3/h3-4H,1-2H3. The van der Waals surface area contributed by atoms with E-state index in [9.17, 15) is 0 Å². The van der Waals surface area contributed by atoms with Gasteiger partial charge in [0.2, 0.25) is 0 Å². The summed E-state index contributed by atoms with van der Waals surface area (Å²) in [5, 5.41) is 7.72. The summed E-state index contributed by atoms with van der Waals surface area (Å²) in [5.74, 6) is 2.97. The molecule has 0 heterocycles. The van der Waals surface area contributed by atoms with Crippen LogP contribution in [0.4, 0.5) is 0 Å². The van der Waals surface area contributed by atoms with Crippen molar-refractivity contribution >= 4 is 13.5 Å². The van der Waals surface area contributed by atoms with Gasteiger partial charge in [-0.25, -0.2) is 0 Å². The summed E-state index contributed by atoms with van der Waals surface area (Å²) < 4.78 is 12.2. The average molecular weight is 159 g/mol. The summed E-state index contributed by atoms with van der Waals surface area (Å²) in [6.07, 6.45) is 0. The van der Waals surface area contributed by atoms with Gasteiger partial charge in [-0.3, -0.25) is 0 Å². The molecule has 4 heteroatoms. The Morgan fingerprint density at radius 3 is 1.67 bits per heavy atom. The molecule has 0 saturated heterocycles. The van der Waals surface area contributed by atoms with Crippen molar-refractivity contribution in [2.45, 2.75) is 11.6 Å². The van der Waals surface area contributed by atoms with E-state index < -0.39 is 13.5 Å². The molecule has 0 unspecified atom stereocenters. The molecule has 0 aromatic heterocycles. The number of rotatable bonds is 1. The first-order valence-corrected chi connectivity index (χ1v) is 6.24. The first kappa shape index (κ1) is 6.40. The Morgan fingerprint density at radius 2 is 1.67 bits per heavy atom. The third kappa shape index (κ3) is 4.40. The first-order chi connectivity index (χ1) is 2.56. The molecule has 0 spiro atoms. The molecule has 0 saturated carbocycles. The molecule has 0 aromatic carbocycles. The number of hydrogen-bond donors (Lipinski definition) is 2. The third-order valence-corrected chi connectivity index (χ3v) is 0.948. The van der Waals surface area contributed by atoms with Crippen LogP contribution in [0.5, 0.6) is 0 Å². The SMILES string of the molecule is C[Se](C)(O)OO. The minimum atomic E-state index is -2.72. The fourth-order valence-corrected chi connectivity index (χ4v) is 0. The molecule has 0 aliphatic rings. The summed E-state index contributed by atoms with van der Waals surface area (Å²) in [7, 11) is 0. The second-order valence-electron chi connectivity index (χ2n) is 1.26. The Labute approximate surface area is 39.4 Å². The molecule has 0 fully saturated rings. The van der Waals surface area contributed by atoms with Crippen molar-refractivity contribution in [1.82, 2.24) is 0 Å². The molecule has 0 aliphatic carbocycles. The van der Waals surface area contributed by atoms with Crippen molar-refractivity contribution in [1.29, 1.82) is 0 Å². The van der Waals surface area contributed by atoms with Crippen molar-refractivity contribution in [3.63, 3.8) is 0 Å². The predicted octanol–water partition coefficient (Wildman–Crippen LogP) is 0.170. The Kier molecular flexibility index (Phi) is 2.04. The van der Waals surface area contributed by atoms with E-state index in [4.69, 9.17) is 9.45 Å². The second kappa shape index (κ2) is 1.91. The van der Waals surface area contributed by atoms with Gasteiger partial charge < -0.3 is 0 Å². The van der Waals surface area contributed by atoms with Crippen LogP contribution in [0.3, 0.4) is 0 Å². The van der Waals surface area contributed by atoms with Crippen LogP contribution in [0, 0.1) is 0 Å². The Morgan fingerprint density at radius 1 is 1.50 bits per heavy atom. The molecular formula is C2H8O3Se. The van der Waals surface area contributed by atoms with Crippen LogP contribution < -0.4 is 0 Å². The van der Waals surface area contributed by atoms with E-state index in [2.05, 4.69) is 3.97 Å². The Balaban J connectivity index is 3.17. The quantitative estimate of drug-likeness (QED) is 0.325. The van der Waals surface area contributed by atoms with E-state index >= 15 is 0 Å². The van der Waals surface area contributed by atoms with Gasteiger partial charge in [0, 0.05) is 0 Å². The summed E-state index contributed by atoms with van der Waals surface area (Å²) in [4.78, 5) is 0. The van der Waals surface area contributed by atoms with Crippen LogP contribution in [-0.4, -0.2) is 23.0 Å². The Hall–Kier alpha value is 0.399. The molecule has 6 heavy (non-hydrogen) atoms. The summed E-state index contributed by atoms with van der Waals surface area (Å²) >= 11 is -2.72. The van der Waals surface area contributed by atoms with Gasteiger partial charge in [0.05, 0.1) is 0 Å². The molecule has 3 nitrogen and oxygen atoms in total. The maximum absolute atomic E-state index is 8.51. The van der Waals surface area contributed by atoms with Gasteiger partial charge in [-0.1, -0.05) is 0 Å². The molecule has 0 radical (unpaired) electrons. The minimum absolute atomic E-state index is 1.48. The van der Waals surface area contributed by atoms with Crippen LogP contribution in [0.2, 0.25) is 11.6 Å². The maximum atomic E-state index is 8.51. The van der Waals surface area contributed by atoms with Crippen LogP contribution in [0.25, 0.3) is 0 Å². The monoisotopic (exact) mass is 160 g/mol. The van der Waals surface area contributed by atoms with E-state index in [1.54, 1.807) is 0 Å². The normalized spacial score (nSPS) is 14.7. The van der Waals surface area contributed by atoms with Crippen LogP contribution >= 0.6 is 0 Å². The molecular weight excluding hydrogens is 151 g/mol. The molecule has 2 N–H and O–H groups in total. The fraction of sp³-hybridized carbons (Fsp3) is 1.00. The van der Waals surface area contributed by atoms with Crippen LogP contribution in [-0.2, 0) is 3.97 Å². The van der Waals surface area contributed by atoms with Gasteiger partial charge in [0.15, 0.2) is 0 Å². The summed E-state index contributed by atoms with van der Waals surface area (Å²) in [5.41, 5.74) is 0. The number of hydrogen-bond acceptors (Lipinski definition) is 3. The molecule has 0 atom stereocenters. The van der Waals surface area contributed by atoms with Crippen molar-refractivity contribution in [3.8, 4) is 0 Å². The summed E-state index contributed by atoms with van der Waals surface area (Å²) in [6.45, 7) is 0. The van der Waals surface area contributed by atoms with Crippen molar-refractivity contribution in [2.75, 3.05) is 0 Å². The molecule has 0 aliphatic heterocycles. The zero-order chi connectivity index (χ0) is 5.21. The van der Waals surface area contributed by atoms with Crippen molar-refractivity contribution < 1.29 is 13.4 Å². The first-order valence-electron chi connectivity index (χ1n) is 1.35. The fourth-order valence-electron chi connectivity index (χ4n) is 0. The van der Waals surface area contributed by atoms with E-state index in [1.165, 1.54) is 11.6 Å². The molecule has 0 amide bonds. The van der Waals surface area contributed by atoms with Gasteiger partial charge >= 0.3 is 38.6 Å². The Bertz CT molecular complexity index is 38.5. The van der Waals surface area contributed by atoms with Gasteiger partial charge in [0.1, 0.15) is 0 Å². The second-order valence-corrected chi connectivity index (χ2v) is 6.53. The predicted molar refractivity (Wildman–Crippen MR) is 23.4 cm³/mol. The van der Waals surface area contributed by atoms with Crippen LogP contribution in [0.1, 0.15) is 0 Å². The zero-order valence-corrected chi connectivity index (χ0v) is 5.42. The van der Waals surface area contributed by atoms with E-state index in [-0.39, 0.29) is 0 Å². The molecule has 0 aromatic rings. The van der Waals surface area contributed by atoms with E-state index in [1.807, 2.05) is 0 Å². The molecule has 0 rings (SSSR count). The van der Waals surface area contributed by atoms with Crippen molar-refractivity contribution in [2.24, 2.45) is 0 Å². The third-order valence-electron chi connectivity index (χ3n) is 0.182. The van der Waals surface area contributed by atoms with Gasteiger partial charge in [-0.15, -0.1) is 0 Å². The van der Waals surface area contributed by atoms with Gasteiger partial charge in [-0.2, -0.15) is 0 Å². The summed E-state index contributed by atoms with van der Waals surface area (Å²) in [6, 6.07) is 0. The van der Waals surface area contributed by atoms with Crippen molar-refractivity contribution in [3.05, 3.63) is 0 Å². The van der Waals surface area contributed by atoms with E-state index in [0.29, 0.717) is 0 Å². The molecule has 40 valence electrons.